The molecule has 0 aliphatic carbocycles. The maximum atomic E-state index is 13.0. The average Bonchev–Trinajstić information content (AvgIpc) is 3.05. The number of nitrogens with one attached hydrogen (secondary N) is 1. The number of fused-ring (bicyclic) bond motifs is 1. The molecule has 1 unspecified atom stereocenters. The Kier molecular flexibility index (Phi) is 4.37. The van der Waals surface area contributed by atoms with Crippen molar-refractivity contribution >= 4 is 20.9 Å². The van der Waals surface area contributed by atoms with E-state index in [9.17, 15) is 8.42 Å². The van der Waals surface area contributed by atoms with Crippen LogP contribution >= 0.6 is 0 Å². The van der Waals surface area contributed by atoms with Gasteiger partial charge in [-0.15, -0.1) is 0 Å². The first-order valence-electron chi connectivity index (χ1n) is 9.09. The number of piperidine rings is 1. The third-order valence-electron chi connectivity index (χ3n) is 5.28. The second-order valence-electron chi connectivity index (χ2n) is 7.33. The van der Waals surface area contributed by atoms with Crippen LogP contribution in [0.2, 0.25) is 0 Å². The molecule has 136 valence electrons. The van der Waals surface area contributed by atoms with Crippen molar-refractivity contribution in [3.8, 4) is 0 Å². The zero-order valence-electron chi connectivity index (χ0n) is 15.2. The minimum absolute atomic E-state index is 0.205. The fraction of sp³-hybridized carbons (Fsp3) is 0.333. The number of aromatic nitrogens is 1. The number of benzene rings is 2. The Bertz CT molecular complexity index is 1040. The summed E-state index contributed by atoms with van der Waals surface area (Å²) in [5, 5.41) is 1.19. The smallest absolute Gasteiger partial charge is 0.243 e. The number of rotatable bonds is 3. The van der Waals surface area contributed by atoms with Crippen LogP contribution in [0.3, 0.4) is 0 Å². The van der Waals surface area contributed by atoms with Crippen molar-refractivity contribution in [2.75, 3.05) is 13.1 Å². The van der Waals surface area contributed by atoms with Gasteiger partial charge in [-0.05, 0) is 62.4 Å². The van der Waals surface area contributed by atoms with Crippen LogP contribution in [0.15, 0.2) is 53.4 Å². The molecule has 4 rings (SSSR count). The van der Waals surface area contributed by atoms with Crippen molar-refractivity contribution in [2.24, 2.45) is 0 Å². The first kappa shape index (κ1) is 17.3. The van der Waals surface area contributed by atoms with Crippen molar-refractivity contribution in [1.29, 1.82) is 0 Å². The number of aromatic amines is 1. The zero-order chi connectivity index (χ0) is 18.3. The van der Waals surface area contributed by atoms with Crippen molar-refractivity contribution in [1.82, 2.24) is 9.29 Å². The van der Waals surface area contributed by atoms with Crippen LogP contribution in [0.1, 0.15) is 35.6 Å². The molecule has 0 saturated carbocycles. The molecule has 1 N–H and O–H groups in total. The summed E-state index contributed by atoms with van der Waals surface area (Å²) in [6.07, 6.45) is 1.88. The molecule has 0 amide bonds. The molecule has 0 bridgehead atoms. The summed E-state index contributed by atoms with van der Waals surface area (Å²) in [4.78, 5) is 3.88. The van der Waals surface area contributed by atoms with Crippen LogP contribution in [0.4, 0.5) is 0 Å². The molecule has 1 aliphatic heterocycles. The standard InChI is InChI=1S/C21H24N2O2S/c1-15-5-8-19(9-6-15)26(24,25)23-11-3-4-17(14-23)21-13-18-12-16(2)7-10-20(18)22-21/h5-10,12-13,17,22H,3-4,11,14H2,1-2H3. The van der Waals surface area contributed by atoms with E-state index in [1.54, 1.807) is 16.4 Å². The highest BCUT2D eigenvalue weighted by molar-refractivity contribution is 7.89. The Morgan fingerprint density at radius 3 is 2.50 bits per heavy atom. The Hall–Kier alpha value is -2.11. The van der Waals surface area contributed by atoms with Gasteiger partial charge in [-0.3, -0.25) is 0 Å². The van der Waals surface area contributed by atoms with E-state index < -0.39 is 10.0 Å². The van der Waals surface area contributed by atoms with Gasteiger partial charge in [0.2, 0.25) is 10.0 Å². The van der Waals surface area contributed by atoms with E-state index in [0.717, 1.165) is 29.6 Å². The van der Waals surface area contributed by atoms with Crippen molar-refractivity contribution < 1.29 is 8.42 Å². The molecule has 5 heteroatoms. The highest BCUT2D eigenvalue weighted by Gasteiger charge is 2.31. The molecule has 0 spiro atoms. The Morgan fingerprint density at radius 2 is 1.73 bits per heavy atom. The number of aryl methyl sites for hydroxylation is 2. The van der Waals surface area contributed by atoms with E-state index in [2.05, 4.69) is 36.2 Å². The van der Waals surface area contributed by atoms with E-state index in [-0.39, 0.29) is 5.92 Å². The Balaban J connectivity index is 1.61. The molecule has 0 radical (unpaired) electrons. The molecule has 2 heterocycles. The van der Waals surface area contributed by atoms with Gasteiger partial charge in [-0.25, -0.2) is 8.42 Å². The van der Waals surface area contributed by atoms with Gasteiger partial charge in [0, 0.05) is 30.2 Å². The Morgan fingerprint density at radius 1 is 1.00 bits per heavy atom. The molecule has 1 atom stereocenters. The van der Waals surface area contributed by atoms with Gasteiger partial charge in [-0.2, -0.15) is 4.31 Å². The molecule has 1 saturated heterocycles. The number of nitrogens with zero attached hydrogens (tertiary/aromatic N) is 1. The zero-order valence-corrected chi connectivity index (χ0v) is 16.0. The molecule has 3 aromatic rings. The third-order valence-corrected chi connectivity index (χ3v) is 7.16. The SMILES string of the molecule is Cc1ccc(S(=O)(=O)N2CCCC(c3cc4cc(C)ccc4[nH]3)C2)cc1. The largest absolute Gasteiger partial charge is 0.358 e. The minimum Gasteiger partial charge on any atom is -0.358 e. The van der Waals surface area contributed by atoms with Crippen molar-refractivity contribution in [3.63, 3.8) is 0 Å². The van der Waals surface area contributed by atoms with Crippen LogP contribution in [-0.4, -0.2) is 30.8 Å². The summed E-state index contributed by atoms with van der Waals surface area (Å²) in [5.41, 5.74) is 4.54. The van der Waals surface area contributed by atoms with Crippen LogP contribution in [0.5, 0.6) is 0 Å². The van der Waals surface area contributed by atoms with Gasteiger partial charge in [0.05, 0.1) is 4.90 Å². The van der Waals surface area contributed by atoms with E-state index in [4.69, 9.17) is 0 Å². The van der Waals surface area contributed by atoms with Crippen LogP contribution in [0, 0.1) is 13.8 Å². The molecule has 2 aromatic carbocycles. The summed E-state index contributed by atoms with van der Waals surface area (Å²) in [6, 6.07) is 15.7. The predicted octanol–water partition coefficient (Wildman–Crippen LogP) is 4.35. The van der Waals surface area contributed by atoms with Crippen molar-refractivity contribution in [3.05, 3.63) is 65.4 Å². The number of sulfonamides is 1. The normalized spacial score (nSPS) is 19.1. The maximum absolute atomic E-state index is 13.0. The van der Waals surface area contributed by atoms with Crippen LogP contribution < -0.4 is 0 Å². The molecule has 4 nitrogen and oxygen atoms in total. The Labute approximate surface area is 154 Å². The topological polar surface area (TPSA) is 53.2 Å². The quantitative estimate of drug-likeness (QED) is 0.747. The summed E-state index contributed by atoms with van der Waals surface area (Å²) < 4.78 is 27.7. The number of hydrogen-bond acceptors (Lipinski definition) is 2. The predicted molar refractivity (Wildman–Crippen MR) is 105 cm³/mol. The highest BCUT2D eigenvalue weighted by Crippen LogP contribution is 2.32. The second-order valence-corrected chi connectivity index (χ2v) is 9.27. The first-order valence-corrected chi connectivity index (χ1v) is 10.5. The fourth-order valence-electron chi connectivity index (χ4n) is 3.77. The monoisotopic (exact) mass is 368 g/mol. The van der Waals surface area contributed by atoms with Gasteiger partial charge >= 0.3 is 0 Å². The van der Waals surface area contributed by atoms with E-state index in [1.165, 1.54) is 10.9 Å². The highest BCUT2D eigenvalue weighted by atomic mass is 32.2. The summed E-state index contributed by atoms with van der Waals surface area (Å²) in [7, 11) is -3.44. The molecular formula is C21H24N2O2S. The molecule has 26 heavy (non-hydrogen) atoms. The van der Waals surface area contributed by atoms with Crippen molar-refractivity contribution in [2.45, 2.75) is 37.5 Å². The third kappa shape index (κ3) is 3.17. The average molecular weight is 369 g/mol. The first-order chi connectivity index (χ1) is 12.4. The lowest BCUT2D eigenvalue weighted by atomic mass is 9.96. The van der Waals surface area contributed by atoms with Gasteiger partial charge in [0.1, 0.15) is 0 Å². The van der Waals surface area contributed by atoms with Crippen LogP contribution in [-0.2, 0) is 10.0 Å². The minimum atomic E-state index is -3.44. The van der Waals surface area contributed by atoms with Gasteiger partial charge in [0.15, 0.2) is 0 Å². The molecular weight excluding hydrogens is 344 g/mol. The van der Waals surface area contributed by atoms with Gasteiger partial charge in [-0.1, -0.05) is 29.3 Å². The van der Waals surface area contributed by atoms with E-state index in [1.807, 2.05) is 19.1 Å². The van der Waals surface area contributed by atoms with Gasteiger partial charge in [0.25, 0.3) is 0 Å². The lowest BCUT2D eigenvalue weighted by Gasteiger charge is -2.31. The van der Waals surface area contributed by atoms with E-state index in [0.29, 0.717) is 18.0 Å². The molecule has 1 aromatic heterocycles. The van der Waals surface area contributed by atoms with E-state index >= 15 is 0 Å². The summed E-state index contributed by atoms with van der Waals surface area (Å²) in [6.45, 7) is 5.17. The lowest BCUT2D eigenvalue weighted by Crippen LogP contribution is -2.39. The second kappa shape index (κ2) is 6.56. The van der Waals surface area contributed by atoms with Gasteiger partial charge < -0.3 is 4.98 Å². The number of H-pyrrole nitrogens is 1. The maximum Gasteiger partial charge on any atom is 0.243 e. The van der Waals surface area contributed by atoms with Crippen LogP contribution in [0.25, 0.3) is 10.9 Å². The lowest BCUT2D eigenvalue weighted by molar-refractivity contribution is 0.313. The summed E-state index contributed by atoms with van der Waals surface area (Å²) in [5.74, 6) is 0.205. The summed E-state index contributed by atoms with van der Waals surface area (Å²) >= 11 is 0. The molecule has 1 fully saturated rings. The fourth-order valence-corrected chi connectivity index (χ4v) is 5.29. The number of hydrogen-bond donors (Lipinski definition) is 1. The molecule has 1 aliphatic rings.